The van der Waals surface area contributed by atoms with Crippen LogP contribution in [0.1, 0.15) is 64.3 Å². The number of ether oxygens (including phenoxy) is 1. The molecule has 158 valence electrons. The number of rotatable bonds is 8. The Morgan fingerprint density at radius 1 is 0.966 bits per heavy atom. The highest BCUT2D eigenvalue weighted by atomic mass is 16.5. The first-order chi connectivity index (χ1) is 14.0. The molecule has 0 aliphatic carbocycles. The van der Waals surface area contributed by atoms with E-state index in [0.717, 1.165) is 62.3 Å². The normalized spacial score (nSPS) is 16.7. The fourth-order valence-electron chi connectivity index (χ4n) is 3.80. The maximum absolute atomic E-state index is 5.45. The van der Waals surface area contributed by atoms with Crippen molar-refractivity contribution >= 4 is 11.6 Å². The summed E-state index contributed by atoms with van der Waals surface area (Å²) in [7, 11) is 0. The van der Waals surface area contributed by atoms with Gasteiger partial charge in [0.15, 0.2) is 0 Å². The summed E-state index contributed by atoms with van der Waals surface area (Å²) in [5.41, 5.74) is 2.07. The predicted octanol–water partition coefficient (Wildman–Crippen LogP) is 3.64. The molecule has 0 aromatic carbocycles. The lowest BCUT2D eigenvalue weighted by Crippen LogP contribution is -2.37. The highest BCUT2D eigenvalue weighted by molar-refractivity contribution is 5.39. The van der Waals surface area contributed by atoms with Crippen LogP contribution >= 0.6 is 0 Å². The maximum Gasteiger partial charge on any atom is 0.147 e. The summed E-state index contributed by atoms with van der Waals surface area (Å²) < 4.78 is 5.45. The predicted molar refractivity (Wildman–Crippen MR) is 117 cm³/mol. The Balaban J connectivity index is 1.70. The van der Waals surface area contributed by atoms with Crippen molar-refractivity contribution in [1.29, 1.82) is 0 Å². The van der Waals surface area contributed by atoms with Gasteiger partial charge in [0.2, 0.25) is 0 Å². The summed E-state index contributed by atoms with van der Waals surface area (Å²) in [5, 5.41) is 0. The fourth-order valence-corrected chi connectivity index (χ4v) is 3.80. The molecule has 2 aromatic rings. The second kappa shape index (κ2) is 9.96. The average molecular weight is 399 g/mol. The molecule has 0 saturated carbocycles. The molecular weight excluding hydrogens is 364 g/mol. The van der Waals surface area contributed by atoms with Gasteiger partial charge >= 0.3 is 0 Å². The topological polar surface area (TPSA) is 67.3 Å². The molecule has 2 atom stereocenters. The quantitative estimate of drug-likeness (QED) is 0.672. The van der Waals surface area contributed by atoms with Gasteiger partial charge in [0.1, 0.15) is 11.6 Å². The SMILES string of the molecule is CCN(c1cncc(C(C)C)n1)C(C)CC(C)c1cncc(N2CCOCC2)n1. The van der Waals surface area contributed by atoms with Crippen LogP contribution in [0.25, 0.3) is 0 Å². The van der Waals surface area contributed by atoms with Gasteiger partial charge in [-0.15, -0.1) is 0 Å². The third-order valence-corrected chi connectivity index (χ3v) is 5.57. The minimum Gasteiger partial charge on any atom is -0.378 e. The third-order valence-electron chi connectivity index (χ3n) is 5.57. The molecule has 2 aromatic heterocycles. The van der Waals surface area contributed by atoms with Crippen LogP contribution in [0, 0.1) is 0 Å². The van der Waals surface area contributed by atoms with E-state index in [1.165, 1.54) is 0 Å². The zero-order valence-corrected chi connectivity index (χ0v) is 18.4. The van der Waals surface area contributed by atoms with E-state index in [-0.39, 0.29) is 0 Å². The number of aromatic nitrogens is 4. The number of morpholine rings is 1. The van der Waals surface area contributed by atoms with Gasteiger partial charge in [0.25, 0.3) is 0 Å². The van der Waals surface area contributed by atoms with Crippen molar-refractivity contribution in [3.8, 4) is 0 Å². The van der Waals surface area contributed by atoms with Crippen molar-refractivity contribution in [2.75, 3.05) is 42.6 Å². The summed E-state index contributed by atoms with van der Waals surface area (Å²) in [5.74, 6) is 2.57. The first-order valence-electron chi connectivity index (χ1n) is 10.7. The highest BCUT2D eigenvalue weighted by Crippen LogP contribution is 2.25. The largest absolute Gasteiger partial charge is 0.378 e. The van der Waals surface area contributed by atoms with Crippen molar-refractivity contribution in [3.05, 3.63) is 36.2 Å². The summed E-state index contributed by atoms with van der Waals surface area (Å²) in [6.07, 6.45) is 8.47. The Kier molecular flexibility index (Phi) is 7.36. The maximum atomic E-state index is 5.45. The summed E-state index contributed by atoms with van der Waals surface area (Å²) >= 11 is 0. The third kappa shape index (κ3) is 5.41. The average Bonchev–Trinajstić information content (AvgIpc) is 2.75. The molecule has 0 bridgehead atoms. The molecule has 29 heavy (non-hydrogen) atoms. The molecule has 0 amide bonds. The number of nitrogens with zero attached hydrogens (tertiary/aromatic N) is 6. The molecule has 0 N–H and O–H groups in total. The van der Waals surface area contributed by atoms with Crippen molar-refractivity contribution < 1.29 is 4.74 Å². The Morgan fingerprint density at radius 3 is 2.34 bits per heavy atom. The first kappa shape index (κ1) is 21.4. The van der Waals surface area contributed by atoms with E-state index in [4.69, 9.17) is 14.7 Å². The van der Waals surface area contributed by atoms with Crippen molar-refractivity contribution in [3.63, 3.8) is 0 Å². The lowest BCUT2D eigenvalue weighted by molar-refractivity contribution is 0.122. The lowest BCUT2D eigenvalue weighted by Gasteiger charge is -2.31. The Morgan fingerprint density at radius 2 is 1.66 bits per heavy atom. The summed E-state index contributed by atoms with van der Waals surface area (Å²) in [6, 6.07) is 0.320. The second-order valence-corrected chi connectivity index (χ2v) is 8.13. The summed E-state index contributed by atoms with van der Waals surface area (Å²) in [4.78, 5) is 23.2. The van der Waals surface area contributed by atoms with E-state index in [0.29, 0.717) is 17.9 Å². The van der Waals surface area contributed by atoms with Gasteiger partial charge in [-0.25, -0.2) is 9.97 Å². The zero-order valence-electron chi connectivity index (χ0n) is 18.4. The van der Waals surface area contributed by atoms with E-state index in [1.54, 1.807) is 0 Å². The van der Waals surface area contributed by atoms with Gasteiger partial charge in [0.05, 0.1) is 37.0 Å². The summed E-state index contributed by atoms with van der Waals surface area (Å²) in [6.45, 7) is 15.1. The van der Waals surface area contributed by atoms with Gasteiger partial charge in [-0.1, -0.05) is 20.8 Å². The van der Waals surface area contributed by atoms with Gasteiger partial charge in [0, 0.05) is 44.0 Å². The molecule has 3 heterocycles. The Labute approximate surface area is 174 Å². The second-order valence-electron chi connectivity index (χ2n) is 8.13. The molecule has 7 heteroatoms. The molecule has 1 saturated heterocycles. The molecule has 0 spiro atoms. The van der Waals surface area contributed by atoms with E-state index >= 15 is 0 Å². The monoisotopic (exact) mass is 398 g/mol. The molecule has 2 unspecified atom stereocenters. The Bertz CT molecular complexity index is 777. The minimum atomic E-state index is 0.300. The lowest BCUT2D eigenvalue weighted by atomic mass is 9.98. The van der Waals surface area contributed by atoms with Crippen LogP contribution in [-0.4, -0.2) is 58.8 Å². The molecule has 7 nitrogen and oxygen atoms in total. The fraction of sp³-hybridized carbons (Fsp3) is 0.636. The van der Waals surface area contributed by atoms with Crippen LogP contribution in [0.3, 0.4) is 0 Å². The molecular formula is C22H34N6O. The van der Waals surface area contributed by atoms with Crippen LogP contribution < -0.4 is 9.80 Å². The standard InChI is InChI=1S/C22H34N6O/c1-6-28(22-15-23-12-19(25-22)16(2)3)18(5)11-17(4)20-13-24-14-21(26-20)27-7-9-29-10-8-27/h12-18H,6-11H2,1-5H3. The van der Waals surface area contributed by atoms with Crippen LogP contribution in [-0.2, 0) is 4.74 Å². The molecule has 0 radical (unpaired) electrons. The molecule has 1 aliphatic heterocycles. The van der Waals surface area contributed by atoms with Gasteiger partial charge in [-0.05, 0) is 26.2 Å². The minimum absolute atomic E-state index is 0.300. The first-order valence-corrected chi connectivity index (χ1v) is 10.7. The number of hydrogen-bond donors (Lipinski definition) is 0. The van der Waals surface area contributed by atoms with E-state index in [1.807, 2.05) is 24.8 Å². The van der Waals surface area contributed by atoms with Crippen LogP contribution in [0.5, 0.6) is 0 Å². The van der Waals surface area contributed by atoms with Crippen molar-refractivity contribution in [2.24, 2.45) is 0 Å². The molecule has 1 aliphatic rings. The van der Waals surface area contributed by atoms with E-state index in [9.17, 15) is 0 Å². The van der Waals surface area contributed by atoms with Gasteiger partial charge in [-0.2, -0.15) is 0 Å². The molecule has 3 rings (SSSR count). The highest BCUT2D eigenvalue weighted by Gasteiger charge is 2.21. The molecule has 1 fully saturated rings. The van der Waals surface area contributed by atoms with Gasteiger partial charge in [-0.3, -0.25) is 9.97 Å². The van der Waals surface area contributed by atoms with Crippen LogP contribution in [0.2, 0.25) is 0 Å². The van der Waals surface area contributed by atoms with E-state index < -0.39 is 0 Å². The smallest absolute Gasteiger partial charge is 0.147 e. The van der Waals surface area contributed by atoms with Crippen molar-refractivity contribution in [2.45, 2.75) is 58.9 Å². The number of hydrogen-bond acceptors (Lipinski definition) is 7. The van der Waals surface area contributed by atoms with E-state index in [2.05, 4.69) is 54.4 Å². The number of anilines is 2. The van der Waals surface area contributed by atoms with Gasteiger partial charge < -0.3 is 14.5 Å². The zero-order chi connectivity index (χ0) is 20.8. The van der Waals surface area contributed by atoms with Crippen molar-refractivity contribution in [1.82, 2.24) is 19.9 Å². The Hall–Kier alpha value is -2.28. The van der Waals surface area contributed by atoms with Crippen LogP contribution in [0.4, 0.5) is 11.6 Å². The van der Waals surface area contributed by atoms with Crippen LogP contribution in [0.15, 0.2) is 24.8 Å².